The van der Waals surface area contributed by atoms with Crippen LogP contribution in [-0.4, -0.2) is 17.4 Å². The van der Waals surface area contributed by atoms with Crippen molar-refractivity contribution in [3.63, 3.8) is 0 Å². The van der Waals surface area contributed by atoms with Gasteiger partial charge in [0.2, 0.25) is 0 Å². The highest BCUT2D eigenvalue weighted by Crippen LogP contribution is 2.28. The molecule has 0 aliphatic heterocycles. The fraction of sp³-hybridized carbons (Fsp3) is 0.176. The molecule has 0 spiro atoms. The minimum absolute atomic E-state index is 0.169. The second kappa shape index (κ2) is 6.15. The van der Waals surface area contributed by atoms with Gasteiger partial charge in [0.05, 0.1) is 12.0 Å². The molecule has 1 aromatic carbocycles. The van der Waals surface area contributed by atoms with Gasteiger partial charge in [-0.25, -0.2) is 4.98 Å². The molecule has 0 N–H and O–H groups in total. The highest BCUT2D eigenvalue weighted by molar-refractivity contribution is 7.14. The summed E-state index contributed by atoms with van der Waals surface area (Å²) in [5.74, 6) is 0.159. The van der Waals surface area contributed by atoms with Crippen LogP contribution in [0.2, 0.25) is 0 Å². The molecule has 22 heavy (non-hydrogen) atoms. The van der Waals surface area contributed by atoms with E-state index in [0.717, 1.165) is 11.3 Å². The molecule has 112 valence electrons. The van der Waals surface area contributed by atoms with E-state index < -0.39 is 0 Å². The maximum absolute atomic E-state index is 12.4. The summed E-state index contributed by atoms with van der Waals surface area (Å²) < 4.78 is 5.19. The zero-order valence-electron chi connectivity index (χ0n) is 12.4. The molecule has 0 saturated heterocycles. The molecule has 2 aromatic heterocycles. The van der Waals surface area contributed by atoms with Crippen molar-refractivity contribution in [1.82, 2.24) is 4.98 Å². The van der Waals surface area contributed by atoms with Crippen molar-refractivity contribution < 1.29 is 9.21 Å². The first-order valence-electron chi connectivity index (χ1n) is 7.07. The van der Waals surface area contributed by atoms with Crippen molar-refractivity contribution in [2.45, 2.75) is 13.8 Å². The van der Waals surface area contributed by atoms with Gasteiger partial charge in [-0.05, 0) is 26.0 Å². The molecule has 3 rings (SSSR count). The van der Waals surface area contributed by atoms with Gasteiger partial charge in [0.15, 0.2) is 10.9 Å². The topological polar surface area (TPSA) is 46.3 Å². The average molecular weight is 312 g/mol. The smallest absolute Gasteiger partial charge is 0.295 e. The number of hydrogen-bond acceptors (Lipinski definition) is 4. The van der Waals surface area contributed by atoms with E-state index in [4.69, 9.17) is 4.42 Å². The Kier molecular flexibility index (Phi) is 4.06. The molecular weight excluding hydrogens is 296 g/mol. The summed E-state index contributed by atoms with van der Waals surface area (Å²) in [6.45, 7) is 4.52. The fourth-order valence-corrected chi connectivity index (χ4v) is 3.04. The monoisotopic (exact) mass is 312 g/mol. The van der Waals surface area contributed by atoms with E-state index in [-0.39, 0.29) is 5.91 Å². The number of thiazole rings is 1. The van der Waals surface area contributed by atoms with Gasteiger partial charge in [-0.2, -0.15) is 0 Å². The third-order valence-corrected chi connectivity index (χ3v) is 4.23. The second-order valence-corrected chi connectivity index (χ2v) is 5.74. The Morgan fingerprint density at radius 3 is 2.68 bits per heavy atom. The molecule has 1 amide bonds. The molecule has 0 aliphatic rings. The standard InChI is InChI=1S/C17H16N2O2S/c1-3-19(16(20)15-5-4-10-21-15)17-18-14(11-22-17)13-8-6-12(2)7-9-13/h4-11H,3H2,1-2H3. The van der Waals surface area contributed by atoms with E-state index in [1.807, 2.05) is 24.4 Å². The zero-order valence-corrected chi connectivity index (χ0v) is 13.3. The third-order valence-electron chi connectivity index (χ3n) is 3.36. The van der Waals surface area contributed by atoms with Crippen LogP contribution in [0.5, 0.6) is 0 Å². The average Bonchev–Trinajstić information content (AvgIpc) is 3.20. The van der Waals surface area contributed by atoms with Crippen molar-refractivity contribution in [2.75, 3.05) is 11.4 Å². The van der Waals surface area contributed by atoms with Crippen LogP contribution in [0.4, 0.5) is 5.13 Å². The molecular formula is C17H16N2O2S. The van der Waals surface area contributed by atoms with Crippen LogP contribution in [0.3, 0.4) is 0 Å². The first kappa shape index (κ1) is 14.5. The number of amides is 1. The molecule has 0 unspecified atom stereocenters. The lowest BCUT2D eigenvalue weighted by atomic mass is 10.1. The van der Waals surface area contributed by atoms with Gasteiger partial charge >= 0.3 is 0 Å². The minimum atomic E-state index is -0.169. The van der Waals surface area contributed by atoms with Gasteiger partial charge in [-0.3, -0.25) is 9.69 Å². The number of aromatic nitrogens is 1. The van der Waals surface area contributed by atoms with E-state index in [1.54, 1.807) is 17.0 Å². The number of furan rings is 1. The Morgan fingerprint density at radius 1 is 1.27 bits per heavy atom. The van der Waals surface area contributed by atoms with Crippen LogP contribution in [-0.2, 0) is 0 Å². The van der Waals surface area contributed by atoms with Crippen molar-refractivity contribution >= 4 is 22.4 Å². The summed E-state index contributed by atoms with van der Waals surface area (Å²) in [5, 5.41) is 2.65. The van der Waals surface area contributed by atoms with Gasteiger partial charge in [-0.15, -0.1) is 11.3 Å². The normalized spacial score (nSPS) is 10.6. The summed E-state index contributed by atoms with van der Waals surface area (Å²) in [4.78, 5) is 18.6. The summed E-state index contributed by atoms with van der Waals surface area (Å²) >= 11 is 1.46. The Morgan fingerprint density at radius 2 is 2.05 bits per heavy atom. The van der Waals surface area contributed by atoms with E-state index in [2.05, 4.69) is 24.0 Å². The van der Waals surface area contributed by atoms with Crippen molar-refractivity contribution in [3.8, 4) is 11.3 Å². The first-order chi connectivity index (χ1) is 10.7. The number of nitrogens with zero attached hydrogens (tertiary/aromatic N) is 2. The van der Waals surface area contributed by atoms with Crippen molar-refractivity contribution in [1.29, 1.82) is 0 Å². The van der Waals surface area contributed by atoms with Gasteiger partial charge in [0, 0.05) is 17.5 Å². The minimum Gasteiger partial charge on any atom is -0.459 e. The predicted octanol–water partition coefficient (Wildman–Crippen LogP) is 4.38. The molecule has 0 saturated carbocycles. The molecule has 3 aromatic rings. The van der Waals surface area contributed by atoms with E-state index in [9.17, 15) is 4.79 Å². The zero-order chi connectivity index (χ0) is 15.5. The third kappa shape index (κ3) is 2.80. The van der Waals surface area contributed by atoms with Gasteiger partial charge in [0.25, 0.3) is 5.91 Å². The Balaban J connectivity index is 1.88. The number of carbonyl (C=O) groups excluding carboxylic acids is 1. The van der Waals surface area contributed by atoms with Crippen LogP contribution in [0.1, 0.15) is 23.0 Å². The highest BCUT2D eigenvalue weighted by atomic mass is 32.1. The molecule has 0 radical (unpaired) electrons. The van der Waals surface area contributed by atoms with Gasteiger partial charge in [-0.1, -0.05) is 29.8 Å². The predicted molar refractivity (Wildman–Crippen MR) is 88.3 cm³/mol. The lowest BCUT2D eigenvalue weighted by Crippen LogP contribution is -2.30. The van der Waals surface area contributed by atoms with E-state index in [1.165, 1.54) is 23.2 Å². The molecule has 0 atom stereocenters. The Hall–Kier alpha value is -2.40. The number of rotatable bonds is 4. The molecule has 2 heterocycles. The SMILES string of the molecule is CCN(C(=O)c1ccco1)c1nc(-c2ccc(C)cc2)cs1. The number of anilines is 1. The number of aryl methyl sites for hydroxylation is 1. The van der Waals surface area contributed by atoms with E-state index in [0.29, 0.717) is 17.4 Å². The van der Waals surface area contributed by atoms with Crippen LogP contribution in [0, 0.1) is 6.92 Å². The number of benzene rings is 1. The van der Waals surface area contributed by atoms with Crippen LogP contribution in [0.15, 0.2) is 52.5 Å². The van der Waals surface area contributed by atoms with Gasteiger partial charge in [0.1, 0.15) is 0 Å². The van der Waals surface area contributed by atoms with Crippen LogP contribution >= 0.6 is 11.3 Å². The van der Waals surface area contributed by atoms with E-state index >= 15 is 0 Å². The number of hydrogen-bond donors (Lipinski definition) is 0. The number of carbonyl (C=O) groups is 1. The summed E-state index contributed by atoms with van der Waals surface area (Å²) in [6, 6.07) is 11.6. The van der Waals surface area contributed by atoms with Gasteiger partial charge < -0.3 is 4.42 Å². The summed E-state index contributed by atoms with van der Waals surface area (Å²) in [5.41, 5.74) is 3.14. The largest absolute Gasteiger partial charge is 0.459 e. The highest BCUT2D eigenvalue weighted by Gasteiger charge is 2.21. The molecule has 0 fully saturated rings. The lowest BCUT2D eigenvalue weighted by molar-refractivity contribution is 0.0961. The Bertz CT molecular complexity index is 760. The summed E-state index contributed by atoms with van der Waals surface area (Å²) in [6.07, 6.45) is 1.50. The molecule has 5 heteroatoms. The maximum atomic E-state index is 12.4. The Labute approximate surface area is 133 Å². The van der Waals surface area contributed by atoms with Crippen molar-refractivity contribution in [3.05, 3.63) is 59.4 Å². The quantitative estimate of drug-likeness (QED) is 0.718. The first-order valence-corrected chi connectivity index (χ1v) is 7.95. The second-order valence-electron chi connectivity index (χ2n) is 4.91. The molecule has 0 bridgehead atoms. The molecule has 4 nitrogen and oxygen atoms in total. The molecule has 0 aliphatic carbocycles. The fourth-order valence-electron chi connectivity index (χ4n) is 2.14. The maximum Gasteiger partial charge on any atom is 0.295 e. The van der Waals surface area contributed by atoms with Crippen LogP contribution < -0.4 is 4.90 Å². The lowest BCUT2D eigenvalue weighted by Gasteiger charge is -2.15. The van der Waals surface area contributed by atoms with Crippen LogP contribution in [0.25, 0.3) is 11.3 Å². The summed E-state index contributed by atoms with van der Waals surface area (Å²) in [7, 11) is 0. The van der Waals surface area contributed by atoms with Crippen molar-refractivity contribution in [2.24, 2.45) is 0 Å².